The number of thiophene rings is 1. The molecule has 2 atom stereocenters. The minimum absolute atomic E-state index is 0.571. The van der Waals surface area contributed by atoms with E-state index in [2.05, 4.69) is 77.9 Å². The Kier molecular flexibility index (Phi) is 6.93. The van der Waals surface area contributed by atoms with Gasteiger partial charge < -0.3 is 10.4 Å². The number of aliphatic carboxylic acids is 1. The van der Waals surface area contributed by atoms with Crippen LogP contribution in [0.3, 0.4) is 0 Å². The molecule has 0 saturated heterocycles. The maximum atomic E-state index is 12.0. The summed E-state index contributed by atoms with van der Waals surface area (Å²) in [6, 6.07) is 18.1. The van der Waals surface area contributed by atoms with Gasteiger partial charge in [-0.3, -0.25) is 14.4 Å². The fourth-order valence-corrected chi connectivity index (χ4v) is 5.95. The van der Waals surface area contributed by atoms with Gasteiger partial charge in [0.1, 0.15) is 16.9 Å². The van der Waals surface area contributed by atoms with E-state index in [-0.39, 0.29) is 0 Å². The van der Waals surface area contributed by atoms with Crippen LogP contribution in [0.15, 0.2) is 59.6 Å². The Hall–Kier alpha value is -3.78. The van der Waals surface area contributed by atoms with E-state index < -0.39 is 17.9 Å². The number of rotatable bonds is 8. The molecule has 0 fully saturated rings. The highest BCUT2D eigenvalue weighted by atomic mass is 32.1. The average Bonchev–Trinajstić information content (AvgIpc) is 3.37. The van der Waals surface area contributed by atoms with E-state index in [1.807, 2.05) is 17.6 Å². The zero-order valence-electron chi connectivity index (χ0n) is 21.5. The number of aliphatic imine (C=N–C) groups is 1. The number of nitrogens with one attached hydrogen (secondary N) is 1. The number of aromatic nitrogens is 3. The zero-order chi connectivity index (χ0) is 26.1. The first kappa shape index (κ1) is 24.9. The molecule has 5 rings (SSSR count). The molecule has 7 nitrogen and oxygen atoms in total. The topological polar surface area (TPSA) is 92.4 Å². The highest BCUT2D eigenvalue weighted by molar-refractivity contribution is 7.15. The van der Waals surface area contributed by atoms with Crippen LogP contribution in [0.1, 0.15) is 58.2 Å². The molecule has 0 aliphatic carbocycles. The number of nitrogens with zero attached hydrogens (tertiary/aromatic N) is 4. The molecule has 3 heterocycles. The molecule has 1 unspecified atom stereocenters. The lowest BCUT2D eigenvalue weighted by molar-refractivity contribution is -0.141. The largest absolute Gasteiger partial charge is 0.481 e. The molecule has 0 spiro atoms. The van der Waals surface area contributed by atoms with Crippen LogP contribution >= 0.6 is 11.3 Å². The van der Waals surface area contributed by atoms with Crippen LogP contribution in [-0.4, -0.2) is 38.1 Å². The van der Waals surface area contributed by atoms with Crippen LogP contribution in [-0.2, 0) is 11.2 Å². The quantitative estimate of drug-likeness (QED) is 0.286. The number of carboxylic acid groups (broad SMARTS) is 1. The first-order valence-corrected chi connectivity index (χ1v) is 13.4. The molecular formula is C29H31N5O2S. The van der Waals surface area contributed by atoms with Crippen LogP contribution in [0.2, 0.25) is 0 Å². The number of aryl methyl sites for hydroxylation is 3. The van der Waals surface area contributed by atoms with Crippen molar-refractivity contribution in [2.75, 3.05) is 11.9 Å². The minimum atomic E-state index is -0.909. The predicted octanol–water partition coefficient (Wildman–Crippen LogP) is 5.91. The maximum absolute atomic E-state index is 12.0. The Morgan fingerprint density at radius 3 is 2.51 bits per heavy atom. The van der Waals surface area contributed by atoms with E-state index in [1.165, 1.54) is 10.4 Å². The fourth-order valence-electron chi connectivity index (χ4n) is 4.73. The van der Waals surface area contributed by atoms with Crippen molar-refractivity contribution in [1.82, 2.24) is 14.8 Å². The second kappa shape index (κ2) is 10.3. The van der Waals surface area contributed by atoms with E-state index in [0.29, 0.717) is 5.82 Å². The molecule has 8 heteroatoms. The molecule has 1 aliphatic heterocycles. The summed E-state index contributed by atoms with van der Waals surface area (Å²) in [5.41, 5.74) is 6.32. The summed E-state index contributed by atoms with van der Waals surface area (Å²) in [4.78, 5) is 18.3. The number of carboxylic acids is 1. The van der Waals surface area contributed by atoms with Gasteiger partial charge in [0.05, 0.1) is 11.6 Å². The minimum Gasteiger partial charge on any atom is -0.481 e. The lowest BCUT2D eigenvalue weighted by Gasteiger charge is -2.16. The molecule has 0 radical (unpaired) electrons. The first-order chi connectivity index (χ1) is 17.8. The molecule has 37 heavy (non-hydrogen) atoms. The van der Waals surface area contributed by atoms with Crippen molar-refractivity contribution in [3.8, 4) is 5.00 Å². The van der Waals surface area contributed by atoms with Crippen molar-refractivity contribution < 1.29 is 9.90 Å². The van der Waals surface area contributed by atoms with Gasteiger partial charge in [0.2, 0.25) is 0 Å². The first-order valence-electron chi connectivity index (χ1n) is 12.6. The van der Waals surface area contributed by atoms with Crippen molar-refractivity contribution in [3.63, 3.8) is 0 Å². The predicted molar refractivity (Wildman–Crippen MR) is 148 cm³/mol. The van der Waals surface area contributed by atoms with Crippen LogP contribution in [0.4, 0.5) is 5.69 Å². The van der Waals surface area contributed by atoms with E-state index in [0.717, 1.165) is 58.3 Å². The summed E-state index contributed by atoms with van der Waals surface area (Å²) in [6.07, 6.45) is 2.08. The van der Waals surface area contributed by atoms with Gasteiger partial charge in [-0.15, -0.1) is 21.5 Å². The Morgan fingerprint density at radius 2 is 1.81 bits per heavy atom. The molecule has 2 aromatic heterocycles. The van der Waals surface area contributed by atoms with Gasteiger partial charge in [-0.1, -0.05) is 42.5 Å². The Labute approximate surface area is 220 Å². The second-order valence-corrected chi connectivity index (χ2v) is 10.8. The Morgan fingerprint density at radius 1 is 1.08 bits per heavy atom. The van der Waals surface area contributed by atoms with E-state index in [9.17, 15) is 9.90 Å². The Bertz CT molecular complexity index is 1450. The van der Waals surface area contributed by atoms with E-state index in [4.69, 9.17) is 4.99 Å². The molecule has 4 aromatic rings. The summed E-state index contributed by atoms with van der Waals surface area (Å²) >= 11 is 1.67. The van der Waals surface area contributed by atoms with Crippen LogP contribution in [0.5, 0.6) is 0 Å². The Balaban J connectivity index is 1.46. The molecule has 0 saturated carbocycles. The molecule has 1 aliphatic rings. The van der Waals surface area contributed by atoms with Crippen LogP contribution in [0, 0.1) is 26.7 Å². The maximum Gasteiger partial charge on any atom is 0.308 e. The molecule has 190 valence electrons. The molecule has 2 aromatic carbocycles. The van der Waals surface area contributed by atoms with Gasteiger partial charge in [0, 0.05) is 28.2 Å². The van der Waals surface area contributed by atoms with Gasteiger partial charge in [-0.05, 0) is 63.8 Å². The summed E-state index contributed by atoms with van der Waals surface area (Å²) in [6.45, 7) is 8.67. The van der Waals surface area contributed by atoms with E-state index in [1.54, 1.807) is 18.3 Å². The zero-order valence-corrected chi connectivity index (χ0v) is 22.3. The summed E-state index contributed by atoms with van der Waals surface area (Å²) in [5, 5.41) is 23.0. The van der Waals surface area contributed by atoms with E-state index >= 15 is 0 Å². The third kappa shape index (κ3) is 4.81. The van der Waals surface area contributed by atoms with Crippen molar-refractivity contribution in [2.24, 2.45) is 10.9 Å². The summed E-state index contributed by atoms with van der Waals surface area (Å²) < 4.78 is 1.99. The number of benzene rings is 2. The number of carbonyl (C=O) groups is 1. The van der Waals surface area contributed by atoms with Crippen molar-refractivity contribution in [3.05, 3.63) is 93.4 Å². The molecular weight excluding hydrogens is 482 g/mol. The van der Waals surface area contributed by atoms with Gasteiger partial charge in [0.15, 0.2) is 5.82 Å². The number of fused-ring (bicyclic) bond motifs is 3. The van der Waals surface area contributed by atoms with Gasteiger partial charge in [-0.25, -0.2) is 0 Å². The highest BCUT2D eigenvalue weighted by Crippen LogP contribution is 2.40. The second-order valence-electron chi connectivity index (χ2n) is 9.55. The average molecular weight is 514 g/mol. The van der Waals surface area contributed by atoms with Gasteiger partial charge in [0.25, 0.3) is 0 Å². The molecule has 0 amide bonds. The lowest BCUT2D eigenvalue weighted by Crippen LogP contribution is -2.21. The highest BCUT2D eigenvalue weighted by Gasteiger charge is 2.36. The monoisotopic (exact) mass is 513 g/mol. The molecule has 0 bridgehead atoms. The number of hydrogen-bond donors (Lipinski definition) is 2. The van der Waals surface area contributed by atoms with Gasteiger partial charge >= 0.3 is 5.97 Å². The van der Waals surface area contributed by atoms with Crippen molar-refractivity contribution >= 4 is 28.7 Å². The standard InChI is InChI=1S/C29H31N5O2S/c1-17-19(3)37-28-24(17)26(31-25(18(2)29(35)36)27-33-32-20(4)34(27)28)22-12-14-23(15-13-22)30-16-8-11-21-9-6-5-7-10-21/h5-7,9-10,12-15,18,25,30H,8,11,16H2,1-4H3,(H,35,36)/t18-,25?/m0/s1. The number of hydrogen-bond acceptors (Lipinski definition) is 6. The fraction of sp³-hybridized carbons (Fsp3) is 0.310. The summed E-state index contributed by atoms with van der Waals surface area (Å²) in [5.74, 6) is -0.361. The molecule has 2 N–H and O–H groups in total. The van der Waals surface area contributed by atoms with Crippen LogP contribution in [0.25, 0.3) is 5.00 Å². The lowest BCUT2D eigenvalue weighted by atomic mass is 9.98. The van der Waals surface area contributed by atoms with Crippen LogP contribution < -0.4 is 5.32 Å². The SMILES string of the molecule is Cc1sc2c(c1C)C(c1ccc(NCCCc3ccccc3)cc1)=NC([C@H](C)C(=O)O)c1nnc(C)n1-2. The smallest absolute Gasteiger partial charge is 0.308 e. The normalized spacial score (nSPS) is 15.4. The third-order valence-electron chi connectivity index (χ3n) is 7.02. The van der Waals surface area contributed by atoms with Gasteiger partial charge in [-0.2, -0.15) is 0 Å². The van der Waals surface area contributed by atoms with Crippen molar-refractivity contribution in [1.29, 1.82) is 0 Å². The van der Waals surface area contributed by atoms with Crippen molar-refractivity contribution in [2.45, 2.75) is 46.6 Å². The third-order valence-corrected chi connectivity index (χ3v) is 8.22. The number of anilines is 1. The summed E-state index contributed by atoms with van der Waals surface area (Å²) in [7, 11) is 0.